The fraction of sp³-hybridized carbons (Fsp3) is 0.357. The number of hydrogen-bond donors (Lipinski definition) is 2. The van der Waals surface area contributed by atoms with Gasteiger partial charge in [-0.25, -0.2) is 0 Å². The van der Waals surface area contributed by atoms with E-state index in [2.05, 4.69) is 47.0 Å². The van der Waals surface area contributed by atoms with E-state index in [1.165, 1.54) is 22.3 Å². The van der Waals surface area contributed by atoms with Gasteiger partial charge in [-0.3, -0.25) is 20.7 Å². The molecule has 3 aromatic rings. The number of benzene rings is 3. The summed E-state index contributed by atoms with van der Waals surface area (Å²) < 4.78 is 13.1. The van der Waals surface area contributed by atoms with Crippen LogP contribution in [0.25, 0.3) is 0 Å². The van der Waals surface area contributed by atoms with Crippen LogP contribution in [0.5, 0.6) is 0 Å². The van der Waals surface area contributed by atoms with Gasteiger partial charge in [-0.2, -0.15) is 0 Å². The Morgan fingerprint density at radius 3 is 1.97 bits per heavy atom. The lowest BCUT2D eigenvalue weighted by molar-refractivity contribution is -0.386. The van der Waals surface area contributed by atoms with E-state index in [0.717, 1.165) is 18.4 Å². The van der Waals surface area contributed by atoms with Crippen molar-refractivity contribution < 1.29 is 14.4 Å². The van der Waals surface area contributed by atoms with Crippen molar-refractivity contribution in [1.82, 2.24) is 10.6 Å². The highest BCUT2D eigenvalue weighted by Gasteiger charge is 2.52. The molecule has 0 radical (unpaired) electrons. The summed E-state index contributed by atoms with van der Waals surface area (Å²) in [6.45, 7) is 3.91. The van der Waals surface area contributed by atoms with E-state index in [1.54, 1.807) is 12.1 Å². The van der Waals surface area contributed by atoms with E-state index in [-0.39, 0.29) is 34.9 Å². The molecule has 0 amide bonds. The van der Waals surface area contributed by atoms with Gasteiger partial charge in [0.05, 0.1) is 34.8 Å². The second-order valence-electron chi connectivity index (χ2n) is 10.4. The minimum Gasteiger partial charge on any atom is -0.351 e. The highest BCUT2D eigenvalue weighted by atomic mass is 16.6. The molecule has 4 aliphatic rings. The first-order valence-corrected chi connectivity index (χ1v) is 12.2. The molecule has 0 aromatic heterocycles. The Morgan fingerprint density at radius 1 is 0.829 bits per heavy atom. The fourth-order valence-electron chi connectivity index (χ4n) is 6.61. The van der Waals surface area contributed by atoms with E-state index < -0.39 is 11.4 Å². The summed E-state index contributed by atoms with van der Waals surface area (Å²) in [4.78, 5) is 11.7. The Balaban J connectivity index is 1.25. The Morgan fingerprint density at radius 2 is 1.37 bits per heavy atom. The van der Waals surface area contributed by atoms with Gasteiger partial charge in [-0.15, -0.1) is 0 Å². The van der Waals surface area contributed by atoms with Gasteiger partial charge >= 0.3 is 0 Å². The first-order valence-electron chi connectivity index (χ1n) is 12.2. The van der Waals surface area contributed by atoms with Gasteiger partial charge in [0.25, 0.3) is 5.69 Å². The lowest BCUT2D eigenvalue weighted by Gasteiger charge is -2.30. The first kappa shape index (κ1) is 21.2. The molecule has 2 aliphatic carbocycles. The average Bonchev–Trinajstić information content (AvgIpc) is 3.55. The third-order valence-electron chi connectivity index (χ3n) is 8.26. The number of nitrogens with one attached hydrogen (secondary N) is 2. The fourth-order valence-corrected chi connectivity index (χ4v) is 6.61. The summed E-state index contributed by atoms with van der Waals surface area (Å²) in [5.41, 5.74) is 4.73. The van der Waals surface area contributed by atoms with Crippen LogP contribution in [0.3, 0.4) is 0 Å². The van der Waals surface area contributed by atoms with Crippen LogP contribution in [-0.4, -0.2) is 17.1 Å². The van der Waals surface area contributed by atoms with E-state index in [9.17, 15) is 10.1 Å². The highest BCUT2D eigenvalue weighted by molar-refractivity contribution is 5.50. The van der Waals surface area contributed by atoms with Crippen molar-refractivity contribution in [1.29, 1.82) is 0 Å². The van der Waals surface area contributed by atoms with Gasteiger partial charge in [0.15, 0.2) is 0 Å². The third-order valence-corrected chi connectivity index (χ3v) is 8.26. The van der Waals surface area contributed by atoms with Crippen molar-refractivity contribution in [3.05, 3.63) is 110 Å². The number of nitrogens with zero attached hydrogens (tertiary/aromatic N) is 1. The maximum absolute atomic E-state index is 12.1. The van der Waals surface area contributed by atoms with Crippen molar-refractivity contribution in [2.24, 2.45) is 0 Å². The Labute approximate surface area is 203 Å². The predicted molar refractivity (Wildman–Crippen MR) is 130 cm³/mol. The Hall–Kier alpha value is -3.10. The molecule has 3 aromatic carbocycles. The smallest absolute Gasteiger partial charge is 0.276 e. The van der Waals surface area contributed by atoms with Crippen LogP contribution in [0.1, 0.15) is 59.3 Å². The lowest BCUT2D eigenvalue weighted by Crippen LogP contribution is -2.39. The van der Waals surface area contributed by atoms with Gasteiger partial charge in [-0.05, 0) is 53.8 Å². The van der Waals surface area contributed by atoms with Gasteiger partial charge in [-0.1, -0.05) is 48.5 Å². The normalized spacial score (nSPS) is 34.3. The number of fused-ring (bicyclic) bond motifs is 6. The van der Waals surface area contributed by atoms with Gasteiger partial charge in [0.1, 0.15) is 11.4 Å². The predicted octanol–water partition coefficient (Wildman–Crippen LogP) is 4.51. The van der Waals surface area contributed by atoms with Gasteiger partial charge < -0.3 is 9.47 Å². The molecule has 0 saturated carbocycles. The average molecular weight is 470 g/mol. The summed E-state index contributed by atoms with van der Waals surface area (Å²) in [6, 6.07) is 22.1. The molecular weight excluding hydrogens is 442 g/mol. The monoisotopic (exact) mass is 469 g/mol. The summed E-state index contributed by atoms with van der Waals surface area (Å²) in [6.07, 6.45) is 1.62. The third kappa shape index (κ3) is 3.06. The zero-order valence-corrected chi connectivity index (χ0v) is 19.7. The van der Waals surface area contributed by atoms with E-state index in [1.807, 2.05) is 32.0 Å². The molecule has 2 heterocycles. The molecule has 2 unspecified atom stereocenters. The standard InChI is InChI=1S/C28H27N3O4/c1-27(29-25-19-9-5-3-7-16(19)13-23(25)34-27)18-11-12-22(31(32)33)21(15-18)28(2)30-26-20-10-6-4-8-17(20)14-24(26)35-28/h3-12,15,23-26,29-30H,13-14H2,1-2H3/t23-,24-,25+,26+,27?,28?/m1/s1. The summed E-state index contributed by atoms with van der Waals surface area (Å²) >= 11 is 0. The molecule has 7 nitrogen and oxygen atoms in total. The largest absolute Gasteiger partial charge is 0.351 e. The second kappa shape index (κ2) is 7.21. The lowest BCUT2D eigenvalue weighted by atomic mass is 9.94. The number of ether oxygens (including phenoxy) is 2. The maximum atomic E-state index is 12.1. The molecule has 0 bridgehead atoms. The van der Waals surface area contributed by atoms with Crippen LogP contribution in [0.2, 0.25) is 0 Å². The van der Waals surface area contributed by atoms with Crippen LogP contribution in [0, 0.1) is 10.1 Å². The van der Waals surface area contributed by atoms with Crippen LogP contribution >= 0.6 is 0 Å². The van der Waals surface area contributed by atoms with Crippen molar-refractivity contribution in [3.8, 4) is 0 Å². The molecule has 2 aliphatic heterocycles. The first-order chi connectivity index (χ1) is 16.8. The van der Waals surface area contributed by atoms with Crippen LogP contribution < -0.4 is 10.6 Å². The molecule has 178 valence electrons. The van der Waals surface area contributed by atoms with Crippen LogP contribution in [0.4, 0.5) is 5.69 Å². The number of rotatable bonds is 3. The zero-order valence-electron chi connectivity index (χ0n) is 19.7. The van der Waals surface area contributed by atoms with Gasteiger partial charge in [0.2, 0.25) is 0 Å². The Bertz CT molecular complexity index is 1380. The molecule has 2 fully saturated rings. The molecular formula is C28H27N3O4. The van der Waals surface area contributed by atoms with Crippen LogP contribution in [-0.2, 0) is 33.8 Å². The quantitative estimate of drug-likeness (QED) is 0.434. The minimum absolute atomic E-state index is 0.00626. The Kier molecular flexibility index (Phi) is 4.37. The minimum atomic E-state index is -0.987. The van der Waals surface area contributed by atoms with E-state index in [0.29, 0.717) is 5.56 Å². The van der Waals surface area contributed by atoms with E-state index >= 15 is 0 Å². The molecule has 35 heavy (non-hydrogen) atoms. The number of nitro benzene ring substituents is 1. The van der Waals surface area contributed by atoms with Crippen molar-refractivity contribution in [2.45, 2.75) is 62.4 Å². The number of nitro groups is 1. The van der Waals surface area contributed by atoms with Gasteiger partial charge in [0, 0.05) is 18.9 Å². The molecule has 2 N–H and O–H groups in total. The molecule has 7 heteroatoms. The molecule has 0 spiro atoms. The summed E-state index contributed by atoms with van der Waals surface area (Å²) in [5, 5.41) is 19.3. The molecule has 6 atom stereocenters. The summed E-state index contributed by atoms with van der Waals surface area (Å²) in [7, 11) is 0. The molecule has 2 saturated heterocycles. The highest BCUT2D eigenvalue weighted by Crippen LogP contribution is 2.49. The van der Waals surface area contributed by atoms with Crippen molar-refractivity contribution >= 4 is 5.69 Å². The maximum Gasteiger partial charge on any atom is 0.276 e. The SMILES string of the molecule is CC1(c2ccc([N+](=O)[O-])c(C3(C)N[C@H]4c5ccccc5C[C@H]4O3)c2)N[C@H]2c3ccccc3C[C@H]2O1. The number of hydrogen-bond acceptors (Lipinski definition) is 6. The van der Waals surface area contributed by atoms with E-state index in [4.69, 9.17) is 9.47 Å². The van der Waals surface area contributed by atoms with Crippen molar-refractivity contribution in [3.63, 3.8) is 0 Å². The second-order valence-corrected chi connectivity index (χ2v) is 10.4. The van der Waals surface area contributed by atoms with Crippen molar-refractivity contribution in [2.75, 3.05) is 0 Å². The van der Waals surface area contributed by atoms with Crippen LogP contribution in [0.15, 0.2) is 66.7 Å². The summed E-state index contributed by atoms with van der Waals surface area (Å²) in [5.74, 6) is 0. The topological polar surface area (TPSA) is 85.7 Å². The molecule has 7 rings (SSSR count). The zero-order chi connectivity index (χ0) is 23.9.